The highest BCUT2D eigenvalue weighted by Gasteiger charge is 2.14. The quantitative estimate of drug-likeness (QED) is 0.439. The first-order chi connectivity index (χ1) is 14.9. The van der Waals surface area contributed by atoms with Crippen LogP contribution in [0.15, 0.2) is 39.2 Å². The first-order valence-corrected chi connectivity index (χ1v) is 11.5. The molecule has 0 radical (unpaired) electrons. The summed E-state index contributed by atoms with van der Waals surface area (Å²) < 4.78 is 13.7. The summed E-state index contributed by atoms with van der Waals surface area (Å²) in [5, 5.41) is 7.24. The van der Waals surface area contributed by atoms with Crippen LogP contribution in [0.3, 0.4) is 0 Å². The van der Waals surface area contributed by atoms with Crippen LogP contribution in [-0.2, 0) is 30.8 Å². The van der Waals surface area contributed by atoms with Gasteiger partial charge in [-0.1, -0.05) is 22.0 Å². The van der Waals surface area contributed by atoms with E-state index in [1.165, 1.54) is 28.7 Å². The van der Waals surface area contributed by atoms with Gasteiger partial charge in [0, 0.05) is 10.2 Å². The Labute approximate surface area is 194 Å². The van der Waals surface area contributed by atoms with Gasteiger partial charge in [0.1, 0.15) is 12.3 Å². The van der Waals surface area contributed by atoms with E-state index in [9.17, 15) is 4.79 Å². The Hall–Kier alpha value is -2.45. The summed E-state index contributed by atoms with van der Waals surface area (Å²) in [6.45, 7) is 4.02. The van der Waals surface area contributed by atoms with Gasteiger partial charge in [0.2, 0.25) is 5.91 Å². The highest BCUT2D eigenvalue weighted by Crippen LogP contribution is 2.26. The lowest BCUT2D eigenvalue weighted by Crippen LogP contribution is -2.21. The van der Waals surface area contributed by atoms with E-state index in [1.54, 1.807) is 0 Å². The Balaban J connectivity index is 1.39. The molecule has 1 aromatic heterocycles. The van der Waals surface area contributed by atoms with Crippen molar-refractivity contribution in [1.82, 2.24) is 9.78 Å². The first kappa shape index (κ1) is 21.8. The highest BCUT2D eigenvalue weighted by molar-refractivity contribution is 9.10. The van der Waals surface area contributed by atoms with E-state index in [-0.39, 0.29) is 23.9 Å². The van der Waals surface area contributed by atoms with E-state index in [1.807, 2.05) is 32.0 Å². The predicted molar refractivity (Wildman–Crippen MR) is 125 cm³/mol. The molecule has 3 aromatic rings. The molecule has 0 saturated heterocycles. The lowest BCUT2D eigenvalue weighted by Gasteiger charge is -2.16. The second kappa shape index (κ2) is 9.36. The zero-order chi connectivity index (χ0) is 22.0. The molecule has 1 aliphatic carbocycles. The van der Waals surface area contributed by atoms with Gasteiger partial charge in [0.05, 0.1) is 0 Å². The monoisotopic (exact) mass is 501 g/mol. The minimum Gasteiger partial charge on any atom is -0.484 e. The molecule has 0 bridgehead atoms. The number of carbonyl (C=O) groups excluding carboxylic acids is 1. The minimum atomic E-state index is -0.222. The van der Waals surface area contributed by atoms with Gasteiger partial charge >= 0.3 is 0 Å². The molecule has 0 aliphatic heterocycles. The van der Waals surface area contributed by atoms with Crippen LogP contribution in [-0.4, -0.2) is 15.7 Å². The molecule has 4 rings (SSSR count). The summed E-state index contributed by atoms with van der Waals surface area (Å²) in [5.74, 6) is 0.904. The second-order valence-electron chi connectivity index (χ2n) is 7.81. The third-order valence-corrected chi connectivity index (χ3v) is 6.14. The molecule has 162 valence electrons. The molecule has 1 heterocycles. The van der Waals surface area contributed by atoms with E-state index in [0.29, 0.717) is 5.89 Å². The number of ether oxygens (including phenoxy) is 1. The number of aromatic nitrogens is 2. The smallest absolute Gasteiger partial charge is 0.287 e. The van der Waals surface area contributed by atoms with Crippen molar-refractivity contribution >= 4 is 39.7 Å². The second-order valence-corrected chi connectivity index (χ2v) is 9.07. The van der Waals surface area contributed by atoms with Crippen molar-refractivity contribution in [2.75, 3.05) is 5.32 Å². The number of nitrogens with one attached hydrogen (secondary N) is 1. The van der Waals surface area contributed by atoms with Gasteiger partial charge in [0.25, 0.3) is 10.7 Å². The zero-order valence-corrected chi connectivity index (χ0v) is 19.9. The average molecular weight is 502 g/mol. The molecule has 0 unspecified atom stereocenters. The maximum Gasteiger partial charge on any atom is 0.287 e. The SMILES string of the molecule is Cc1cc(Br)cc(C)c1NC(=O)Cn1nc(COc2ccc3c(c2)CCCC3)oc1=S. The lowest BCUT2D eigenvalue weighted by atomic mass is 9.92. The molecule has 1 N–H and O–H groups in total. The van der Waals surface area contributed by atoms with Crippen LogP contribution in [0.1, 0.15) is 41.0 Å². The van der Waals surface area contributed by atoms with Crippen LogP contribution in [0.25, 0.3) is 0 Å². The molecule has 1 amide bonds. The number of fused-ring (bicyclic) bond motifs is 1. The Bertz CT molecular complexity index is 1160. The van der Waals surface area contributed by atoms with E-state index in [0.717, 1.165) is 39.9 Å². The Morgan fingerprint density at radius 1 is 1.19 bits per heavy atom. The van der Waals surface area contributed by atoms with Crippen LogP contribution >= 0.6 is 28.1 Å². The number of carbonyl (C=O) groups is 1. The largest absolute Gasteiger partial charge is 0.484 e. The molecular weight excluding hydrogens is 478 g/mol. The zero-order valence-electron chi connectivity index (χ0n) is 17.5. The number of aryl methyl sites for hydroxylation is 4. The van der Waals surface area contributed by atoms with Gasteiger partial charge in [-0.05, 0) is 98.3 Å². The molecule has 1 aliphatic rings. The maximum atomic E-state index is 12.5. The summed E-state index contributed by atoms with van der Waals surface area (Å²) in [5.41, 5.74) is 5.50. The van der Waals surface area contributed by atoms with Gasteiger partial charge in [-0.2, -0.15) is 0 Å². The van der Waals surface area contributed by atoms with E-state index in [4.69, 9.17) is 21.4 Å². The fraction of sp³-hybridized carbons (Fsp3) is 0.348. The maximum absolute atomic E-state index is 12.5. The first-order valence-electron chi connectivity index (χ1n) is 10.3. The standard InChI is InChI=1S/C23H24BrN3O3S/c1-14-9-18(24)10-15(2)22(14)25-20(28)12-27-23(31)30-21(26-27)13-29-19-8-7-16-5-3-4-6-17(16)11-19/h7-11H,3-6,12-13H2,1-2H3,(H,25,28). The molecule has 8 heteroatoms. The van der Waals surface area contributed by atoms with Gasteiger partial charge in [-0.15, -0.1) is 5.10 Å². The number of nitrogens with zero attached hydrogens (tertiary/aromatic N) is 2. The Morgan fingerprint density at radius 3 is 2.65 bits per heavy atom. The summed E-state index contributed by atoms with van der Waals surface area (Å²) in [6, 6.07) is 10.1. The average Bonchev–Trinajstić information content (AvgIpc) is 3.08. The highest BCUT2D eigenvalue weighted by atomic mass is 79.9. The van der Waals surface area contributed by atoms with Crippen molar-refractivity contribution < 1.29 is 13.9 Å². The Kier molecular flexibility index (Phi) is 6.57. The van der Waals surface area contributed by atoms with Crippen molar-refractivity contribution in [2.45, 2.75) is 52.7 Å². The number of amides is 1. The van der Waals surface area contributed by atoms with Crippen LogP contribution < -0.4 is 10.1 Å². The summed E-state index contributed by atoms with van der Waals surface area (Å²) in [6.07, 6.45) is 4.70. The van der Waals surface area contributed by atoms with Crippen LogP contribution in [0.5, 0.6) is 5.75 Å². The predicted octanol–water partition coefficient (Wildman–Crippen LogP) is 5.68. The number of anilines is 1. The number of halogens is 1. The van der Waals surface area contributed by atoms with Crippen LogP contribution in [0, 0.1) is 18.7 Å². The fourth-order valence-corrected chi connectivity index (χ4v) is 4.76. The van der Waals surface area contributed by atoms with Crippen molar-refractivity contribution in [3.8, 4) is 5.75 Å². The summed E-state index contributed by atoms with van der Waals surface area (Å²) in [7, 11) is 0. The third kappa shape index (κ3) is 5.25. The minimum absolute atomic E-state index is 0.0316. The van der Waals surface area contributed by atoms with Gasteiger partial charge < -0.3 is 14.5 Å². The number of rotatable bonds is 6. The van der Waals surface area contributed by atoms with Crippen LogP contribution in [0.4, 0.5) is 5.69 Å². The van der Waals surface area contributed by atoms with Gasteiger partial charge in [0.15, 0.2) is 6.61 Å². The third-order valence-electron chi connectivity index (χ3n) is 5.39. The summed E-state index contributed by atoms with van der Waals surface area (Å²) in [4.78, 5) is 12.7. The van der Waals surface area contributed by atoms with E-state index < -0.39 is 0 Å². The van der Waals surface area contributed by atoms with E-state index in [2.05, 4.69) is 38.5 Å². The van der Waals surface area contributed by atoms with Crippen molar-refractivity contribution in [3.05, 3.63) is 67.8 Å². The van der Waals surface area contributed by atoms with Crippen molar-refractivity contribution in [1.29, 1.82) is 0 Å². The molecule has 6 nitrogen and oxygen atoms in total. The van der Waals surface area contributed by atoms with Crippen molar-refractivity contribution in [3.63, 3.8) is 0 Å². The number of hydrogen-bond donors (Lipinski definition) is 1. The number of hydrogen-bond acceptors (Lipinski definition) is 5. The molecule has 0 atom stereocenters. The number of benzene rings is 2. The molecule has 31 heavy (non-hydrogen) atoms. The summed E-state index contributed by atoms with van der Waals surface area (Å²) >= 11 is 8.69. The molecular formula is C23H24BrN3O3S. The Morgan fingerprint density at radius 2 is 1.90 bits per heavy atom. The molecule has 0 fully saturated rings. The van der Waals surface area contributed by atoms with Crippen molar-refractivity contribution in [2.24, 2.45) is 0 Å². The van der Waals surface area contributed by atoms with Gasteiger partial charge in [-0.3, -0.25) is 4.79 Å². The van der Waals surface area contributed by atoms with Gasteiger partial charge in [-0.25, -0.2) is 4.68 Å². The van der Waals surface area contributed by atoms with Crippen LogP contribution in [0.2, 0.25) is 0 Å². The fourth-order valence-electron chi connectivity index (χ4n) is 3.88. The lowest BCUT2D eigenvalue weighted by molar-refractivity contribution is -0.117. The topological polar surface area (TPSA) is 69.3 Å². The normalized spacial score (nSPS) is 13.0. The van der Waals surface area contributed by atoms with E-state index >= 15 is 0 Å². The molecule has 2 aromatic carbocycles. The molecule has 0 spiro atoms. The molecule has 0 saturated carbocycles.